The van der Waals surface area contributed by atoms with Crippen LogP contribution < -0.4 is 4.74 Å². The van der Waals surface area contributed by atoms with Gasteiger partial charge in [0, 0.05) is 32.7 Å². The molecule has 180 valence electrons. The molecule has 1 fully saturated rings. The predicted octanol–water partition coefficient (Wildman–Crippen LogP) is 5.35. The predicted molar refractivity (Wildman–Crippen MR) is 139 cm³/mol. The zero-order valence-corrected chi connectivity index (χ0v) is 20.5. The highest BCUT2D eigenvalue weighted by Crippen LogP contribution is 2.30. The molecule has 3 aromatic rings. The first-order valence-corrected chi connectivity index (χ1v) is 12.6. The van der Waals surface area contributed by atoms with Gasteiger partial charge in [0.25, 0.3) is 0 Å². The highest BCUT2D eigenvalue weighted by atomic mass is 16.5. The lowest BCUT2D eigenvalue weighted by molar-refractivity contribution is 0.0398. The van der Waals surface area contributed by atoms with E-state index in [4.69, 9.17) is 4.74 Å². The van der Waals surface area contributed by atoms with E-state index in [1.807, 2.05) is 12.1 Å². The van der Waals surface area contributed by atoms with Crippen molar-refractivity contribution in [2.24, 2.45) is 0 Å². The van der Waals surface area contributed by atoms with Gasteiger partial charge in [0.15, 0.2) is 0 Å². The molecule has 1 aliphatic heterocycles. The number of aliphatic hydroxyl groups excluding tert-OH is 1. The lowest BCUT2D eigenvalue weighted by Crippen LogP contribution is -2.50. The molecule has 4 nitrogen and oxygen atoms in total. The van der Waals surface area contributed by atoms with Crippen molar-refractivity contribution >= 4 is 0 Å². The number of benzene rings is 3. The van der Waals surface area contributed by atoms with E-state index >= 15 is 0 Å². The van der Waals surface area contributed by atoms with Gasteiger partial charge in [-0.2, -0.15) is 0 Å². The summed E-state index contributed by atoms with van der Waals surface area (Å²) in [6.07, 6.45) is 0.566. The van der Waals surface area contributed by atoms with E-state index in [1.165, 1.54) is 16.7 Å². The second kappa shape index (κ2) is 12.2. The summed E-state index contributed by atoms with van der Waals surface area (Å²) >= 11 is 0. The molecule has 1 aliphatic rings. The Morgan fingerprint density at radius 2 is 1.35 bits per heavy atom. The molecule has 1 heterocycles. The van der Waals surface area contributed by atoms with Crippen LogP contribution in [0, 0.1) is 0 Å². The second-order valence-electron chi connectivity index (χ2n) is 9.37. The summed E-state index contributed by atoms with van der Waals surface area (Å²) < 4.78 is 6.05. The topological polar surface area (TPSA) is 35.9 Å². The minimum atomic E-state index is -0.504. The highest BCUT2D eigenvalue weighted by Gasteiger charge is 2.27. The Morgan fingerprint density at radius 1 is 0.794 bits per heavy atom. The number of hydrogen-bond acceptors (Lipinski definition) is 4. The van der Waals surface area contributed by atoms with Crippen LogP contribution in [0.1, 0.15) is 48.9 Å². The molecular weight excluding hydrogens is 420 g/mol. The Balaban J connectivity index is 1.32. The van der Waals surface area contributed by atoms with Gasteiger partial charge in [-0.25, -0.2) is 0 Å². The van der Waals surface area contributed by atoms with Crippen molar-refractivity contribution in [2.75, 3.05) is 39.3 Å². The lowest BCUT2D eigenvalue weighted by Gasteiger charge is -2.40. The van der Waals surface area contributed by atoms with E-state index in [9.17, 15) is 5.11 Å². The fraction of sp³-hybridized carbons (Fsp3) is 0.400. The van der Waals surface area contributed by atoms with Crippen molar-refractivity contribution < 1.29 is 9.84 Å². The van der Waals surface area contributed by atoms with Gasteiger partial charge in [-0.3, -0.25) is 9.80 Å². The van der Waals surface area contributed by atoms with Crippen molar-refractivity contribution in [1.82, 2.24) is 9.80 Å². The van der Waals surface area contributed by atoms with E-state index < -0.39 is 6.10 Å². The summed E-state index contributed by atoms with van der Waals surface area (Å²) in [5.41, 5.74) is 3.88. The van der Waals surface area contributed by atoms with Gasteiger partial charge in [-0.15, -0.1) is 0 Å². The highest BCUT2D eigenvalue weighted by molar-refractivity contribution is 5.36. The van der Waals surface area contributed by atoms with E-state index in [0.29, 0.717) is 19.1 Å². The first-order chi connectivity index (χ1) is 16.7. The van der Waals surface area contributed by atoms with E-state index in [-0.39, 0.29) is 6.04 Å². The molecule has 1 N–H and O–H groups in total. The average Bonchev–Trinajstić information content (AvgIpc) is 2.89. The van der Waals surface area contributed by atoms with Gasteiger partial charge in [0.2, 0.25) is 0 Å². The maximum Gasteiger partial charge on any atom is 0.122 e. The second-order valence-corrected chi connectivity index (χ2v) is 9.37. The van der Waals surface area contributed by atoms with Gasteiger partial charge in [0.05, 0.1) is 6.04 Å². The molecule has 0 aliphatic carbocycles. The molecule has 0 aromatic heterocycles. The summed E-state index contributed by atoms with van der Waals surface area (Å²) in [6, 6.07) is 30.0. The third-order valence-electron chi connectivity index (χ3n) is 6.97. The molecule has 0 spiro atoms. The molecule has 34 heavy (non-hydrogen) atoms. The molecule has 3 aromatic carbocycles. The molecular formula is C30H38N2O2. The van der Waals surface area contributed by atoms with Crippen LogP contribution in [-0.4, -0.2) is 60.3 Å². The zero-order valence-electron chi connectivity index (χ0n) is 20.5. The fourth-order valence-corrected chi connectivity index (χ4v) is 4.86. The maximum absolute atomic E-state index is 10.7. The summed E-state index contributed by atoms with van der Waals surface area (Å²) in [7, 11) is 0. The monoisotopic (exact) mass is 458 g/mol. The van der Waals surface area contributed by atoms with Crippen molar-refractivity contribution in [3.63, 3.8) is 0 Å². The van der Waals surface area contributed by atoms with Crippen molar-refractivity contribution in [3.05, 3.63) is 102 Å². The molecule has 2 atom stereocenters. The summed E-state index contributed by atoms with van der Waals surface area (Å²) in [6.45, 7) is 9.20. The Hall–Kier alpha value is -2.66. The minimum Gasteiger partial charge on any atom is -0.491 e. The molecule has 0 saturated carbocycles. The molecule has 0 amide bonds. The van der Waals surface area contributed by atoms with Crippen LogP contribution in [0.2, 0.25) is 0 Å². The Labute approximate surface area is 204 Å². The summed E-state index contributed by atoms with van der Waals surface area (Å²) in [5, 5.41) is 10.7. The zero-order chi connectivity index (χ0) is 23.8. The number of nitrogens with zero attached hydrogens (tertiary/aromatic N) is 2. The van der Waals surface area contributed by atoms with Crippen LogP contribution in [0.15, 0.2) is 84.9 Å². The molecule has 2 unspecified atom stereocenters. The number of ether oxygens (including phenoxy) is 1. The molecule has 1 saturated heterocycles. The van der Waals surface area contributed by atoms with Crippen molar-refractivity contribution in [1.29, 1.82) is 0 Å². The largest absolute Gasteiger partial charge is 0.491 e. The van der Waals surface area contributed by atoms with Crippen LogP contribution in [0.4, 0.5) is 0 Å². The molecule has 0 radical (unpaired) electrons. The number of aliphatic hydroxyl groups is 1. The number of para-hydroxylation sites is 1. The van der Waals surface area contributed by atoms with Gasteiger partial charge in [0.1, 0.15) is 18.5 Å². The van der Waals surface area contributed by atoms with Crippen molar-refractivity contribution in [3.8, 4) is 5.75 Å². The SMILES string of the molecule is CCC(C)c1ccccc1OCC(O)CN1CCN(C(c2ccccc2)c2ccccc2)CC1. The number of hydrogen-bond donors (Lipinski definition) is 1. The Bertz CT molecular complexity index is 947. The smallest absolute Gasteiger partial charge is 0.122 e. The van der Waals surface area contributed by atoms with Gasteiger partial charge in [-0.1, -0.05) is 92.7 Å². The van der Waals surface area contributed by atoms with Crippen LogP contribution in [0.5, 0.6) is 5.75 Å². The fourth-order valence-electron chi connectivity index (χ4n) is 4.86. The van der Waals surface area contributed by atoms with Crippen LogP contribution in [-0.2, 0) is 0 Å². The van der Waals surface area contributed by atoms with Crippen LogP contribution >= 0.6 is 0 Å². The number of β-amino-alcohol motifs (C(OH)–C–C–N with tert-alkyl or cyclic N) is 1. The Morgan fingerprint density at radius 3 is 1.94 bits per heavy atom. The molecule has 4 rings (SSSR count). The van der Waals surface area contributed by atoms with Crippen LogP contribution in [0.25, 0.3) is 0 Å². The van der Waals surface area contributed by atoms with Gasteiger partial charge >= 0.3 is 0 Å². The van der Waals surface area contributed by atoms with Gasteiger partial charge in [-0.05, 0) is 35.1 Å². The standard InChI is InChI=1S/C30H38N2O2/c1-3-24(2)28-16-10-11-17-29(28)34-23-27(33)22-31-18-20-32(21-19-31)30(25-12-6-4-7-13-25)26-14-8-5-9-15-26/h4-17,24,27,30,33H,3,18-23H2,1-2H3. The van der Waals surface area contributed by atoms with Crippen molar-refractivity contribution in [2.45, 2.75) is 38.3 Å². The maximum atomic E-state index is 10.7. The number of rotatable bonds is 10. The molecule has 4 heteroatoms. The third-order valence-corrected chi connectivity index (χ3v) is 6.97. The molecule has 0 bridgehead atoms. The summed E-state index contributed by atoms with van der Waals surface area (Å²) in [4.78, 5) is 4.92. The van der Waals surface area contributed by atoms with E-state index in [1.54, 1.807) is 0 Å². The average molecular weight is 459 g/mol. The third kappa shape index (κ3) is 6.26. The lowest BCUT2D eigenvalue weighted by atomic mass is 9.96. The summed E-state index contributed by atoms with van der Waals surface area (Å²) in [5.74, 6) is 1.35. The minimum absolute atomic E-state index is 0.259. The normalized spacial score (nSPS) is 16.9. The first-order valence-electron chi connectivity index (χ1n) is 12.6. The Kier molecular flexibility index (Phi) is 8.75. The quantitative estimate of drug-likeness (QED) is 0.444. The van der Waals surface area contributed by atoms with E-state index in [0.717, 1.165) is 38.3 Å². The van der Waals surface area contributed by atoms with Crippen LogP contribution in [0.3, 0.4) is 0 Å². The first kappa shape index (κ1) is 24.5. The van der Waals surface area contributed by atoms with E-state index in [2.05, 4.69) is 96.4 Å². The van der Waals surface area contributed by atoms with Gasteiger partial charge < -0.3 is 9.84 Å². The number of piperazine rings is 1.